The summed E-state index contributed by atoms with van der Waals surface area (Å²) in [7, 11) is 0. The van der Waals surface area contributed by atoms with Crippen LogP contribution in [-0.4, -0.2) is 51.0 Å². The Labute approximate surface area is 207 Å². The molecular formula is C27H27NO8. The molecule has 1 unspecified atom stereocenters. The molecule has 9 nitrogen and oxygen atoms in total. The van der Waals surface area contributed by atoms with Crippen molar-refractivity contribution in [3.8, 4) is 11.5 Å². The van der Waals surface area contributed by atoms with Gasteiger partial charge in [-0.05, 0) is 66.1 Å². The molecule has 0 spiro atoms. The van der Waals surface area contributed by atoms with Crippen LogP contribution in [0.25, 0.3) is 5.57 Å². The van der Waals surface area contributed by atoms with E-state index in [1.54, 1.807) is 24.3 Å². The van der Waals surface area contributed by atoms with Gasteiger partial charge in [-0.1, -0.05) is 13.3 Å². The van der Waals surface area contributed by atoms with Gasteiger partial charge in [0.05, 0.1) is 12.2 Å². The summed E-state index contributed by atoms with van der Waals surface area (Å²) < 4.78 is 10.4. The molecule has 36 heavy (non-hydrogen) atoms. The fourth-order valence-electron chi connectivity index (χ4n) is 4.27. The standard InChI is InChI=1S/C16H12O6.C11H15NO2/c17-10-2-1-8-13-9-4-12(19)11(18)3-7(9)5-16(13,21)6-22-15(8)14(10)20;1-2-3-8-14-11(13)9-4-6-10(12)7-5-9/h1-4,18-21H,5-6H2;4-7H,2-3,8,12H2,1H3. The van der Waals surface area contributed by atoms with E-state index in [4.69, 9.17) is 15.2 Å². The van der Waals surface area contributed by atoms with Gasteiger partial charge >= 0.3 is 5.97 Å². The van der Waals surface area contributed by atoms with E-state index in [0.717, 1.165) is 12.8 Å². The number of unbranched alkanes of at least 4 members (excludes halogenated alkanes) is 1. The summed E-state index contributed by atoms with van der Waals surface area (Å²) in [6, 6.07) is 9.49. The van der Waals surface area contributed by atoms with E-state index < -0.39 is 17.1 Å². The van der Waals surface area contributed by atoms with Gasteiger partial charge in [-0.3, -0.25) is 4.79 Å². The van der Waals surface area contributed by atoms with Crippen molar-refractivity contribution >= 4 is 23.0 Å². The molecule has 0 fully saturated rings. The van der Waals surface area contributed by atoms with Gasteiger partial charge in [0.2, 0.25) is 11.5 Å². The normalized spacial score (nSPS) is 19.6. The van der Waals surface area contributed by atoms with Gasteiger partial charge in [-0.15, -0.1) is 0 Å². The molecule has 3 aliphatic rings. The first kappa shape index (κ1) is 24.9. The summed E-state index contributed by atoms with van der Waals surface area (Å²) >= 11 is 0. The van der Waals surface area contributed by atoms with Crippen molar-refractivity contribution in [2.75, 3.05) is 18.9 Å². The quantitative estimate of drug-likeness (QED) is 0.186. The molecule has 1 aliphatic heterocycles. The number of rotatable bonds is 4. The van der Waals surface area contributed by atoms with Crippen LogP contribution in [0.1, 0.15) is 41.3 Å². The van der Waals surface area contributed by atoms with Crippen LogP contribution in [0.3, 0.4) is 0 Å². The minimum Gasteiger partial charge on any atom is -0.504 e. The monoisotopic (exact) mass is 493 g/mol. The number of anilines is 1. The molecular weight excluding hydrogens is 466 g/mol. The average Bonchev–Trinajstić information content (AvgIpc) is 3.14. The van der Waals surface area contributed by atoms with Gasteiger partial charge in [0.25, 0.3) is 0 Å². The lowest BCUT2D eigenvalue weighted by Crippen LogP contribution is -2.39. The number of aliphatic hydroxyl groups excluding tert-OH is 1. The van der Waals surface area contributed by atoms with Crippen LogP contribution in [0.15, 0.2) is 65.6 Å². The molecule has 0 saturated heterocycles. The van der Waals surface area contributed by atoms with Crippen molar-refractivity contribution in [3.63, 3.8) is 0 Å². The van der Waals surface area contributed by atoms with Gasteiger partial charge in [0.15, 0.2) is 17.3 Å². The number of carbonyl (C=O) groups is 2. The summed E-state index contributed by atoms with van der Waals surface area (Å²) in [6.07, 6.45) is 4.82. The maximum Gasteiger partial charge on any atom is 0.338 e. The van der Waals surface area contributed by atoms with Crippen LogP contribution in [-0.2, 0) is 20.7 Å². The minimum atomic E-state index is -1.33. The Hall–Kier alpha value is -4.24. The van der Waals surface area contributed by atoms with Gasteiger partial charge < -0.3 is 35.6 Å². The van der Waals surface area contributed by atoms with E-state index >= 15 is 0 Å². The largest absolute Gasteiger partial charge is 0.504 e. The van der Waals surface area contributed by atoms with Crippen molar-refractivity contribution in [1.82, 2.24) is 0 Å². The summed E-state index contributed by atoms with van der Waals surface area (Å²) in [5.74, 6) is -1.86. The molecule has 0 saturated carbocycles. The molecule has 2 aromatic carbocycles. The summed E-state index contributed by atoms with van der Waals surface area (Å²) in [6.45, 7) is 2.42. The second-order valence-corrected chi connectivity index (χ2v) is 8.77. The lowest BCUT2D eigenvalue weighted by molar-refractivity contribution is -0.114. The molecule has 0 radical (unpaired) electrons. The van der Waals surface area contributed by atoms with Gasteiger partial charge in [0, 0.05) is 23.3 Å². The van der Waals surface area contributed by atoms with Crippen LogP contribution in [0, 0.1) is 0 Å². The average molecular weight is 494 g/mol. The van der Waals surface area contributed by atoms with Crippen LogP contribution >= 0.6 is 0 Å². The SMILES string of the molecule is CCCCOC(=O)c1ccc(N)cc1.O=C1C=CC2=C3c4cc(O)c(O)cc4CC3(O)COC2=C1O. The molecule has 9 heteroatoms. The van der Waals surface area contributed by atoms with Crippen molar-refractivity contribution in [3.05, 3.63) is 82.3 Å². The fourth-order valence-corrected chi connectivity index (χ4v) is 4.27. The predicted molar refractivity (Wildman–Crippen MR) is 131 cm³/mol. The Bertz CT molecular complexity index is 1310. The van der Waals surface area contributed by atoms with Crippen molar-refractivity contribution < 1.29 is 39.5 Å². The van der Waals surface area contributed by atoms with Gasteiger partial charge in [-0.25, -0.2) is 4.79 Å². The molecule has 188 valence electrons. The third-order valence-electron chi connectivity index (χ3n) is 6.11. The first-order chi connectivity index (χ1) is 17.1. The molecule has 1 heterocycles. The number of benzene rings is 2. The zero-order valence-corrected chi connectivity index (χ0v) is 19.7. The number of hydrogen-bond donors (Lipinski definition) is 5. The third kappa shape index (κ3) is 4.65. The first-order valence-corrected chi connectivity index (χ1v) is 11.5. The molecule has 0 aromatic heterocycles. The molecule has 2 aliphatic carbocycles. The Balaban J connectivity index is 0.000000189. The predicted octanol–water partition coefficient (Wildman–Crippen LogP) is 3.30. The molecule has 5 rings (SSSR count). The van der Waals surface area contributed by atoms with Crippen molar-refractivity contribution in [1.29, 1.82) is 0 Å². The maximum absolute atomic E-state index is 11.5. The van der Waals surface area contributed by atoms with E-state index in [9.17, 15) is 30.0 Å². The number of hydrogen-bond acceptors (Lipinski definition) is 9. The fraction of sp³-hybridized carbons (Fsp3) is 0.259. The van der Waals surface area contributed by atoms with Gasteiger partial charge in [-0.2, -0.15) is 0 Å². The number of aliphatic hydroxyl groups is 2. The number of nitrogen functional groups attached to an aromatic ring is 1. The molecule has 0 amide bonds. The van der Waals surface area contributed by atoms with E-state index in [1.165, 1.54) is 24.3 Å². The number of ether oxygens (including phenoxy) is 2. The van der Waals surface area contributed by atoms with Crippen LogP contribution in [0.5, 0.6) is 11.5 Å². The Morgan fingerprint density at radius 3 is 2.50 bits per heavy atom. The lowest BCUT2D eigenvalue weighted by Gasteiger charge is -2.33. The van der Waals surface area contributed by atoms with E-state index in [1.807, 2.05) is 0 Å². The van der Waals surface area contributed by atoms with E-state index in [-0.39, 0.29) is 36.3 Å². The Morgan fingerprint density at radius 2 is 1.81 bits per heavy atom. The number of nitrogens with two attached hydrogens (primary N) is 1. The number of allylic oxidation sites excluding steroid dienone is 2. The smallest absolute Gasteiger partial charge is 0.338 e. The molecule has 0 bridgehead atoms. The molecule has 2 aromatic rings. The van der Waals surface area contributed by atoms with Crippen LogP contribution in [0.4, 0.5) is 5.69 Å². The number of fused-ring (bicyclic) bond motifs is 4. The van der Waals surface area contributed by atoms with E-state index in [0.29, 0.717) is 40.1 Å². The topological polar surface area (TPSA) is 160 Å². The molecule has 1 atom stereocenters. The number of phenols is 2. The Kier molecular flexibility index (Phi) is 6.76. The number of ketones is 1. The third-order valence-corrected chi connectivity index (χ3v) is 6.11. The van der Waals surface area contributed by atoms with Crippen LogP contribution < -0.4 is 5.73 Å². The van der Waals surface area contributed by atoms with E-state index in [2.05, 4.69) is 6.92 Å². The number of esters is 1. The number of carbonyl (C=O) groups excluding carboxylic acids is 2. The summed E-state index contributed by atoms with van der Waals surface area (Å²) in [5, 5.41) is 40.1. The second-order valence-electron chi connectivity index (χ2n) is 8.77. The van der Waals surface area contributed by atoms with Crippen molar-refractivity contribution in [2.24, 2.45) is 0 Å². The lowest BCUT2D eigenvalue weighted by atomic mass is 9.85. The van der Waals surface area contributed by atoms with Crippen LogP contribution in [0.2, 0.25) is 0 Å². The zero-order valence-electron chi connectivity index (χ0n) is 19.7. The maximum atomic E-state index is 11.5. The Morgan fingerprint density at radius 1 is 1.11 bits per heavy atom. The highest BCUT2D eigenvalue weighted by atomic mass is 16.5. The summed E-state index contributed by atoms with van der Waals surface area (Å²) in [4.78, 5) is 22.9. The molecule has 6 N–H and O–H groups in total. The second kappa shape index (κ2) is 9.79. The highest BCUT2D eigenvalue weighted by Crippen LogP contribution is 2.50. The highest BCUT2D eigenvalue weighted by Gasteiger charge is 2.47. The first-order valence-electron chi connectivity index (χ1n) is 11.5. The zero-order chi connectivity index (χ0) is 26.0. The highest BCUT2D eigenvalue weighted by molar-refractivity contribution is 6.06. The number of phenolic OH excluding ortho intramolecular Hbond substituents is 2. The van der Waals surface area contributed by atoms with Gasteiger partial charge in [0.1, 0.15) is 12.2 Å². The number of aromatic hydroxyl groups is 2. The summed E-state index contributed by atoms with van der Waals surface area (Å²) in [5.41, 5.74) is 7.49. The van der Waals surface area contributed by atoms with Crippen molar-refractivity contribution in [2.45, 2.75) is 31.8 Å². The minimum absolute atomic E-state index is 0.0348.